The monoisotopic (exact) mass is 211 g/mol. The molecule has 1 rings (SSSR count). The molecule has 0 aliphatic carbocycles. The van der Waals surface area contributed by atoms with E-state index in [1.54, 1.807) is 19.1 Å². The van der Waals surface area contributed by atoms with Crippen molar-refractivity contribution in [1.82, 2.24) is 0 Å². The standard InChI is InChI=1S/C8H6BrNO/c1-5-2-8(11)7(9)3-6(5)4-10/h2-3,11H,1H3. The fraction of sp³-hybridized carbons (Fsp3) is 0.125. The maximum absolute atomic E-state index is 9.16. The Kier molecular flexibility index (Phi) is 2.16. The number of benzene rings is 1. The molecule has 11 heavy (non-hydrogen) atoms. The molecule has 2 nitrogen and oxygen atoms in total. The number of phenols is 1. The fourth-order valence-electron chi connectivity index (χ4n) is 0.787. The second-order valence-electron chi connectivity index (χ2n) is 2.23. The summed E-state index contributed by atoms with van der Waals surface area (Å²) in [7, 11) is 0. The topological polar surface area (TPSA) is 44.0 Å². The van der Waals surface area contributed by atoms with E-state index in [0.29, 0.717) is 10.0 Å². The largest absolute Gasteiger partial charge is 0.507 e. The highest BCUT2D eigenvalue weighted by Crippen LogP contribution is 2.26. The lowest BCUT2D eigenvalue weighted by Gasteiger charge is -1.99. The third-order valence-corrected chi connectivity index (χ3v) is 2.05. The fourth-order valence-corrected chi connectivity index (χ4v) is 1.13. The first-order chi connectivity index (χ1) is 5.15. The van der Waals surface area contributed by atoms with Crippen LogP contribution in [0.1, 0.15) is 11.1 Å². The molecule has 1 aromatic rings. The van der Waals surface area contributed by atoms with Gasteiger partial charge < -0.3 is 5.11 Å². The lowest BCUT2D eigenvalue weighted by Crippen LogP contribution is -1.81. The summed E-state index contributed by atoms with van der Waals surface area (Å²) >= 11 is 3.12. The first-order valence-electron chi connectivity index (χ1n) is 3.04. The van der Waals surface area contributed by atoms with Crippen LogP contribution in [0.15, 0.2) is 16.6 Å². The molecule has 0 spiro atoms. The van der Waals surface area contributed by atoms with Gasteiger partial charge in [0.15, 0.2) is 0 Å². The second kappa shape index (κ2) is 2.93. The molecule has 1 aromatic carbocycles. The highest BCUT2D eigenvalue weighted by atomic mass is 79.9. The number of nitriles is 1. The van der Waals surface area contributed by atoms with E-state index in [2.05, 4.69) is 15.9 Å². The van der Waals surface area contributed by atoms with Gasteiger partial charge in [-0.15, -0.1) is 0 Å². The van der Waals surface area contributed by atoms with Crippen molar-refractivity contribution < 1.29 is 5.11 Å². The molecule has 56 valence electrons. The van der Waals surface area contributed by atoms with Gasteiger partial charge in [0.25, 0.3) is 0 Å². The summed E-state index contributed by atoms with van der Waals surface area (Å²) in [6.45, 7) is 1.78. The maximum atomic E-state index is 9.16. The van der Waals surface area contributed by atoms with Crippen LogP contribution < -0.4 is 0 Å². The summed E-state index contributed by atoms with van der Waals surface area (Å²) in [6, 6.07) is 5.18. The molecule has 0 saturated carbocycles. The van der Waals surface area contributed by atoms with E-state index in [4.69, 9.17) is 10.4 Å². The van der Waals surface area contributed by atoms with Gasteiger partial charge in [0.2, 0.25) is 0 Å². The third-order valence-electron chi connectivity index (χ3n) is 1.41. The number of aromatic hydroxyl groups is 1. The van der Waals surface area contributed by atoms with Gasteiger partial charge in [0.1, 0.15) is 5.75 Å². The Hall–Kier alpha value is -1.01. The SMILES string of the molecule is Cc1cc(O)c(Br)cc1C#N. The zero-order valence-electron chi connectivity index (χ0n) is 5.93. The molecule has 3 heteroatoms. The van der Waals surface area contributed by atoms with Gasteiger partial charge in [-0.3, -0.25) is 0 Å². The number of hydrogen-bond acceptors (Lipinski definition) is 2. The molecule has 0 radical (unpaired) electrons. The maximum Gasteiger partial charge on any atom is 0.130 e. The molecule has 0 aliphatic rings. The molecular formula is C8H6BrNO. The van der Waals surface area contributed by atoms with Crippen LogP contribution >= 0.6 is 15.9 Å². The normalized spacial score (nSPS) is 9.18. The van der Waals surface area contributed by atoms with Crippen molar-refractivity contribution in [1.29, 1.82) is 5.26 Å². The Balaban J connectivity index is 3.35. The highest BCUT2D eigenvalue weighted by Gasteiger charge is 2.02. The van der Waals surface area contributed by atoms with Crippen molar-refractivity contribution in [3.05, 3.63) is 27.7 Å². The number of hydrogen-bond donors (Lipinski definition) is 1. The zero-order chi connectivity index (χ0) is 8.43. The van der Waals surface area contributed by atoms with Gasteiger partial charge in [-0.25, -0.2) is 0 Å². The number of phenolic OH excluding ortho intramolecular Hbond substituents is 1. The van der Waals surface area contributed by atoms with Crippen molar-refractivity contribution in [3.8, 4) is 11.8 Å². The first kappa shape index (κ1) is 8.09. The van der Waals surface area contributed by atoms with Crippen LogP contribution in [0, 0.1) is 18.3 Å². The van der Waals surface area contributed by atoms with Crippen molar-refractivity contribution in [2.45, 2.75) is 6.92 Å². The van der Waals surface area contributed by atoms with Crippen LogP contribution in [0.5, 0.6) is 5.75 Å². The number of nitrogens with zero attached hydrogens (tertiary/aromatic N) is 1. The van der Waals surface area contributed by atoms with E-state index in [-0.39, 0.29) is 5.75 Å². The van der Waals surface area contributed by atoms with Crippen LogP contribution in [0.2, 0.25) is 0 Å². The highest BCUT2D eigenvalue weighted by molar-refractivity contribution is 9.10. The van der Waals surface area contributed by atoms with E-state index < -0.39 is 0 Å². The third kappa shape index (κ3) is 1.52. The van der Waals surface area contributed by atoms with E-state index in [1.807, 2.05) is 6.07 Å². The summed E-state index contributed by atoms with van der Waals surface area (Å²) in [5, 5.41) is 17.7. The minimum Gasteiger partial charge on any atom is -0.507 e. The Morgan fingerprint density at radius 2 is 2.18 bits per heavy atom. The van der Waals surface area contributed by atoms with Crippen molar-refractivity contribution >= 4 is 15.9 Å². The van der Waals surface area contributed by atoms with Crippen molar-refractivity contribution in [2.75, 3.05) is 0 Å². The molecular weight excluding hydrogens is 206 g/mol. The Morgan fingerprint density at radius 3 is 2.73 bits per heavy atom. The van der Waals surface area contributed by atoms with Crippen LogP contribution in [-0.2, 0) is 0 Å². The average Bonchev–Trinajstić information content (AvgIpc) is 1.97. The Bertz CT molecular complexity index is 328. The van der Waals surface area contributed by atoms with Crippen LogP contribution in [0.25, 0.3) is 0 Å². The van der Waals surface area contributed by atoms with E-state index in [0.717, 1.165) is 5.56 Å². The predicted octanol–water partition coefficient (Wildman–Crippen LogP) is 2.33. The molecule has 0 heterocycles. The average molecular weight is 212 g/mol. The van der Waals surface area contributed by atoms with E-state index >= 15 is 0 Å². The van der Waals surface area contributed by atoms with Gasteiger partial charge in [-0.2, -0.15) is 5.26 Å². The van der Waals surface area contributed by atoms with Gasteiger partial charge in [-0.1, -0.05) is 0 Å². The minimum atomic E-state index is 0.168. The number of rotatable bonds is 0. The molecule has 0 amide bonds. The van der Waals surface area contributed by atoms with Gasteiger partial charge >= 0.3 is 0 Å². The van der Waals surface area contributed by atoms with Crippen LogP contribution in [-0.4, -0.2) is 5.11 Å². The molecule has 1 N–H and O–H groups in total. The zero-order valence-corrected chi connectivity index (χ0v) is 7.51. The number of aryl methyl sites for hydroxylation is 1. The molecule has 0 unspecified atom stereocenters. The summed E-state index contributed by atoms with van der Waals surface area (Å²) in [4.78, 5) is 0. The summed E-state index contributed by atoms with van der Waals surface area (Å²) in [5.74, 6) is 0.168. The van der Waals surface area contributed by atoms with Crippen LogP contribution in [0.3, 0.4) is 0 Å². The van der Waals surface area contributed by atoms with Crippen molar-refractivity contribution in [2.24, 2.45) is 0 Å². The Labute approximate surface area is 73.2 Å². The van der Waals surface area contributed by atoms with Gasteiger partial charge in [0.05, 0.1) is 16.1 Å². The van der Waals surface area contributed by atoms with Gasteiger partial charge in [-0.05, 0) is 40.5 Å². The quantitative estimate of drug-likeness (QED) is 0.717. The van der Waals surface area contributed by atoms with Gasteiger partial charge in [0, 0.05) is 0 Å². The molecule has 0 atom stereocenters. The minimum absolute atomic E-state index is 0.168. The summed E-state index contributed by atoms with van der Waals surface area (Å²) in [6.07, 6.45) is 0. The molecule has 0 bridgehead atoms. The molecule has 0 fully saturated rings. The molecule has 0 saturated heterocycles. The van der Waals surface area contributed by atoms with Crippen LogP contribution in [0.4, 0.5) is 0 Å². The molecule has 0 aromatic heterocycles. The van der Waals surface area contributed by atoms with E-state index in [9.17, 15) is 0 Å². The summed E-state index contributed by atoms with van der Waals surface area (Å²) in [5.41, 5.74) is 1.36. The molecule has 0 aliphatic heterocycles. The first-order valence-corrected chi connectivity index (χ1v) is 3.83. The van der Waals surface area contributed by atoms with E-state index in [1.165, 1.54) is 0 Å². The second-order valence-corrected chi connectivity index (χ2v) is 3.08. The smallest absolute Gasteiger partial charge is 0.130 e. The lowest BCUT2D eigenvalue weighted by atomic mass is 10.1. The predicted molar refractivity (Wildman–Crippen MR) is 45.3 cm³/mol. The Morgan fingerprint density at radius 1 is 1.55 bits per heavy atom. The lowest BCUT2D eigenvalue weighted by molar-refractivity contribution is 0.471. The summed E-state index contributed by atoms with van der Waals surface area (Å²) < 4.78 is 0.555. The number of halogens is 1. The van der Waals surface area contributed by atoms with Crippen molar-refractivity contribution in [3.63, 3.8) is 0 Å².